The molecule has 0 saturated heterocycles. The normalized spacial score (nSPS) is 27.5. The van der Waals surface area contributed by atoms with Crippen molar-refractivity contribution in [1.29, 1.82) is 0 Å². The van der Waals surface area contributed by atoms with E-state index in [1.807, 2.05) is 0 Å². The lowest BCUT2D eigenvalue weighted by atomic mass is 9.85. The number of hydrogen-bond donors (Lipinski definition) is 0. The van der Waals surface area contributed by atoms with E-state index in [9.17, 15) is 0 Å². The highest BCUT2D eigenvalue weighted by Crippen LogP contribution is 2.29. The molecule has 0 N–H and O–H groups in total. The van der Waals surface area contributed by atoms with Crippen LogP contribution in [0.1, 0.15) is 52.9 Å². The van der Waals surface area contributed by atoms with Gasteiger partial charge >= 0.3 is 0 Å². The third-order valence-corrected chi connectivity index (χ3v) is 3.14. The van der Waals surface area contributed by atoms with Gasteiger partial charge in [0.15, 0.2) is 0 Å². The van der Waals surface area contributed by atoms with Crippen molar-refractivity contribution < 1.29 is 4.74 Å². The first-order valence-electron chi connectivity index (χ1n) is 6.12. The summed E-state index contributed by atoms with van der Waals surface area (Å²) in [5.41, 5.74) is 1.63. The molecule has 2 atom stereocenters. The molecule has 1 nitrogen and oxygen atoms in total. The summed E-state index contributed by atoms with van der Waals surface area (Å²) < 4.78 is 5.88. The summed E-state index contributed by atoms with van der Waals surface area (Å²) in [6.07, 6.45) is 9.02. The molecular weight excluding hydrogens is 172 g/mol. The van der Waals surface area contributed by atoms with E-state index in [2.05, 4.69) is 26.8 Å². The summed E-state index contributed by atoms with van der Waals surface area (Å²) >= 11 is 0. The molecule has 0 saturated carbocycles. The highest BCUT2D eigenvalue weighted by atomic mass is 16.5. The van der Waals surface area contributed by atoms with Gasteiger partial charge in [-0.15, -0.1) is 0 Å². The molecule has 0 radical (unpaired) electrons. The molecule has 1 aliphatic carbocycles. The first-order valence-corrected chi connectivity index (χ1v) is 6.12. The van der Waals surface area contributed by atoms with Gasteiger partial charge in [-0.1, -0.05) is 32.4 Å². The molecule has 82 valence electrons. The SMILES string of the molecule is CCCOC1CCC(CC)=CC1CC. The first-order chi connectivity index (χ1) is 6.81. The first kappa shape index (κ1) is 11.8. The van der Waals surface area contributed by atoms with Crippen molar-refractivity contribution in [2.45, 2.75) is 59.0 Å². The zero-order valence-electron chi connectivity index (χ0n) is 9.88. The van der Waals surface area contributed by atoms with Gasteiger partial charge in [-0.25, -0.2) is 0 Å². The molecule has 1 rings (SSSR count). The predicted octanol–water partition coefficient (Wildman–Crippen LogP) is 3.94. The van der Waals surface area contributed by atoms with Gasteiger partial charge < -0.3 is 4.74 Å². The van der Waals surface area contributed by atoms with Crippen LogP contribution in [0.2, 0.25) is 0 Å². The molecule has 0 aromatic heterocycles. The summed E-state index contributed by atoms with van der Waals surface area (Å²) in [5.74, 6) is 0.672. The molecule has 0 heterocycles. The summed E-state index contributed by atoms with van der Waals surface area (Å²) in [6, 6.07) is 0. The van der Waals surface area contributed by atoms with Gasteiger partial charge in [0.2, 0.25) is 0 Å². The van der Waals surface area contributed by atoms with Crippen LogP contribution in [0, 0.1) is 5.92 Å². The summed E-state index contributed by atoms with van der Waals surface area (Å²) in [5, 5.41) is 0. The van der Waals surface area contributed by atoms with Crippen LogP contribution >= 0.6 is 0 Å². The van der Waals surface area contributed by atoms with Crippen molar-refractivity contribution in [1.82, 2.24) is 0 Å². The molecule has 0 amide bonds. The molecule has 1 aliphatic rings. The molecular formula is C13H24O. The summed E-state index contributed by atoms with van der Waals surface area (Å²) in [7, 11) is 0. The van der Waals surface area contributed by atoms with Gasteiger partial charge in [0, 0.05) is 12.5 Å². The van der Waals surface area contributed by atoms with Crippen LogP contribution in [-0.2, 0) is 4.74 Å². The molecule has 0 spiro atoms. The Kier molecular flexibility index (Phi) is 5.24. The van der Waals surface area contributed by atoms with Gasteiger partial charge in [-0.05, 0) is 32.1 Å². The second-order valence-corrected chi connectivity index (χ2v) is 4.20. The van der Waals surface area contributed by atoms with Gasteiger partial charge in [0.05, 0.1) is 6.10 Å². The standard InChI is InChI=1S/C13H24O/c1-4-9-14-13-8-7-11(5-2)10-12(13)6-3/h10,12-13H,4-9H2,1-3H3. The average Bonchev–Trinajstić information content (AvgIpc) is 2.26. The lowest BCUT2D eigenvalue weighted by molar-refractivity contribution is 0.0150. The van der Waals surface area contributed by atoms with Crippen molar-refractivity contribution in [3.63, 3.8) is 0 Å². The third kappa shape index (κ3) is 3.13. The molecule has 0 aliphatic heterocycles. The summed E-state index contributed by atoms with van der Waals surface area (Å²) in [4.78, 5) is 0. The van der Waals surface area contributed by atoms with E-state index in [0.29, 0.717) is 12.0 Å². The van der Waals surface area contributed by atoms with Gasteiger partial charge in [0.1, 0.15) is 0 Å². The van der Waals surface area contributed by atoms with E-state index >= 15 is 0 Å². The average molecular weight is 196 g/mol. The minimum absolute atomic E-state index is 0.496. The van der Waals surface area contributed by atoms with Gasteiger partial charge in [-0.3, -0.25) is 0 Å². The van der Waals surface area contributed by atoms with E-state index in [4.69, 9.17) is 4.74 Å². The second kappa shape index (κ2) is 6.23. The Balaban J connectivity index is 2.49. The Morgan fingerprint density at radius 1 is 1.36 bits per heavy atom. The Bertz CT molecular complexity index is 184. The van der Waals surface area contributed by atoms with Crippen molar-refractivity contribution >= 4 is 0 Å². The largest absolute Gasteiger partial charge is 0.378 e. The highest BCUT2D eigenvalue weighted by Gasteiger charge is 2.22. The number of rotatable bonds is 5. The Labute approximate surface area is 88.5 Å². The van der Waals surface area contributed by atoms with E-state index < -0.39 is 0 Å². The fraction of sp³-hybridized carbons (Fsp3) is 0.846. The maximum atomic E-state index is 5.88. The fourth-order valence-corrected chi connectivity index (χ4v) is 2.19. The minimum atomic E-state index is 0.496. The Hall–Kier alpha value is -0.300. The maximum Gasteiger partial charge on any atom is 0.0640 e. The molecule has 14 heavy (non-hydrogen) atoms. The lowest BCUT2D eigenvalue weighted by Gasteiger charge is -2.29. The fourth-order valence-electron chi connectivity index (χ4n) is 2.19. The smallest absolute Gasteiger partial charge is 0.0640 e. The highest BCUT2D eigenvalue weighted by molar-refractivity contribution is 5.09. The monoisotopic (exact) mass is 196 g/mol. The van der Waals surface area contributed by atoms with Crippen LogP contribution in [0.15, 0.2) is 11.6 Å². The molecule has 0 bridgehead atoms. The molecule has 2 unspecified atom stereocenters. The molecule has 0 fully saturated rings. The van der Waals surface area contributed by atoms with Crippen molar-refractivity contribution in [3.8, 4) is 0 Å². The van der Waals surface area contributed by atoms with Crippen LogP contribution < -0.4 is 0 Å². The van der Waals surface area contributed by atoms with Crippen molar-refractivity contribution in [2.75, 3.05) is 6.61 Å². The van der Waals surface area contributed by atoms with Gasteiger partial charge in [0.25, 0.3) is 0 Å². The van der Waals surface area contributed by atoms with E-state index in [-0.39, 0.29) is 0 Å². The van der Waals surface area contributed by atoms with E-state index in [0.717, 1.165) is 13.0 Å². The van der Waals surface area contributed by atoms with E-state index in [1.54, 1.807) is 5.57 Å². The lowest BCUT2D eigenvalue weighted by Crippen LogP contribution is -2.26. The maximum absolute atomic E-state index is 5.88. The van der Waals surface area contributed by atoms with Crippen LogP contribution in [0.4, 0.5) is 0 Å². The molecule has 1 heteroatoms. The topological polar surface area (TPSA) is 9.23 Å². The van der Waals surface area contributed by atoms with Crippen molar-refractivity contribution in [3.05, 3.63) is 11.6 Å². The van der Waals surface area contributed by atoms with Crippen LogP contribution in [0.3, 0.4) is 0 Å². The quantitative estimate of drug-likeness (QED) is 0.605. The second-order valence-electron chi connectivity index (χ2n) is 4.20. The zero-order valence-corrected chi connectivity index (χ0v) is 9.88. The molecule has 0 aromatic rings. The zero-order chi connectivity index (χ0) is 10.4. The summed E-state index contributed by atoms with van der Waals surface area (Å²) in [6.45, 7) is 7.63. The number of hydrogen-bond acceptors (Lipinski definition) is 1. The van der Waals surface area contributed by atoms with Crippen LogP contribution in [-0.4, -0.2) is 12.7 Å². The number of ether oxygens (including phenoxy) is 1. The van der Waals surface area contributed by atoms with E-state index in [1.165, 1.54) is 25.7 Å². The van der Waals surface area contributed by atoms with Crippen molar-refractivity contribution in [2.24, 2.45) is 5.92 Å². The minimum Gasteiger partial charge on any atom is -0.378 e. The van der Waals surface area contributed by atoms with Gasteiger partial charge in [-0.2, -0.15) is 0 Å². The van der Waals surface area contributed by atoms with Crippen LogP contribution in [0.25, 0.3) is 0 Å². The Morgan fingerprint density at radius 3 is 2.71 bits per heavy atom. The number of allylic oxidation sites excluding steroid dienone is 1. The predicted molar refractivity (Wildman–Crippen MR) is 61.4 cm³/mol. The third-order valence-electron chi connectivity index (χ3n) is 3.14. The van der Waals surface area contributed by atoms with Crippen LogP contribution in [0.5, 0.6) is 0 Å². The Morgan fingerprint density at radius 2 is 2.14 bits per heavy atom. The molecule has 0 aromatic carbocycles.